The summed E-state index contributed by atoms with van der Waals surface area (Å²) >= 11 is 3.39. The Morgan fingerprint density at radius 3 is 2.25 bits per heavy atom. The fourth-order valence-electron chi connectivity index (χ4n) is 4.08. The molecule has 1 saturated heterocycles. The number of carbonyl (C=O) groups excluding carboxylic acids is 1. The molecule has 1 aliphatic rings. The number of fused-ring (bicyclic) bond motifs is 1. The van der Waals surface area contributed by atoms with E-state index in [4.69, 9.17) is 4.74 Å². The van der Waals surface area contributed by atoms with Crippen LogP contribution in [0, 0.1) is 0 Å². The second-order valence-electron chi connectivity index (χ2n) is 9.60. The van der Waals surface area contributed by atoms with E-state index in [1.165, 1.54) is 12.1 Å². The summed E-state index contributed by atoms with van der Waals surface area (Å²) < 4.78 is 63.3. The largest absolute Gasteiger partial charge is 0.444 e. The van der Waals surface area contributed by atoms with E-state index in [0.717, 1.165) is 10.2 Å². The summed E-state index contributed by atoms with van der Waals surface area (Å²) in [6.07, 6.45) is 1.53. The quantitative estimate of drug-likeness (QED) is 0.468. The number of amides is 1. The molecular formula is C24H28BrN3O6S2. The van der Waals surface area contributed by atoms with Crippen LogP contribution in [-0.4, -0.2) is 56.5 Å². The first kappa shape index (κ1) is 26.6. The molecule has 0 atom stereocenters. The second-order valence-corrected chi connectivity index (χ2v) is 14.0. The molecule has 36 heavy (non-hydrogen) atoms. The zero-order valence-electron chi connectivity index (χ0n) is 20.1. The molecule has 9 nitrogen and oxygen atoms in total. The maximum absolute atomic E-state index is 13.5. The van der Waals surface area contributed by atoms with Crippen LogP contribution in [0.25, 0.3) is 10.9 Å². The predicted molar refractivity (Wildman–Crippen MR) is 140 cm³/mol. The summed E-state index contributed by atoms with van der Waals surface area (Å²) in [5, 5.41) is 0.274. The van der Waals surface area contributed by atoms with Gasteiger partial charge >= 0.3 is 6.09 Å². The van der Waals surface area contributed by atoms with Gasteiger partial charge in [0.05, 0.1) is 10.4 Å². The maximum Gasteiger partial charge on any atom is 0.410 e. The molecule has 194 valence electrons. The van der Waals surface area contributed by atoms with Crippen LogP contribution in [0.4, 0.5) is 4.79 Å². The van der Waals surface area contributed by atoms with Gasteiger partial charge in [0.2, 0.25) is 10.0 Å². The van der Waals surface area contributed by atoms with Crippen LogP contribution < -0.4 is 4.72 Å². The number of ether oxygens (including phenoxy) is 1. The number of benzene rings is 2. The van der Waals surface area contributed by atoms with Crippen molar-refractivity contribution in [2.45, 2.75) is 55.0 Å². The average Bonchev–Trinajstić information content (AvgIpc) is 3.22. The van der Waals surface area contributed by atoms with E-state index in [0.29, 0.717) is 30.4 Å². The fourth-order valence-corrected chi connectivity index (χ4v) is 7.76. The topological polar surface area (TPSA) is 115 Å². The van der Waals surface area contributed by atoms with Crippen LogP contribution in [0.1, 0.15) is 33.6 Å². The molecule has 4 rings (SSSR count). The molecule has 0 radical (unpaired) electrons. The third-order valence-corrected chi connectivity index (χ3v) is 9.65. The van der Waals surface area contributed by atoms with Gasteiger partial charge < -0.3 is 9.64 Å². The number of piperidine rings is 1. The lowest BCUT2D eigenvalue weighted by atomic mass is 10.1. The highest BCUT2D eigenvalue weighted by Crippen LogP contribution is 2.34. The molecule has 1 fully saturated rings. The molecule has 1 amide bonds. The Hall–Kier alpha value is -2.41. The highest BCUT2D eigenvalue weighted by molar-refractivity contribution is 9.10. The van der Waals surface area contributed by atoms with Crippen molar-refractivity contribution >= 4 is 53.0 Å². The molecule has 2 heterocycles. The highest BCUT2D eigenvalue weighted by Gasteiger charge is 2.32. The van der Waals surface area contributed by atoms with Gasteiger partial charge in [0, 0.05) is 35.2 Å². The Bertz CT molecular complexity index is 1490. The molecule has 2 aromatic carbocycles. The molecule has 12 heteroatoms. The van der Waals surface area contributed by atoms with Crippen molar-refractivity contribution in [3.05, 3.63) is 59.2 Å². The lowest BCUT2D eigenvalue weighted by Gasteiger charge is -2.33. The van der Waals surface area contributed by atoms with Gasteiger partial charge in [-0.25, -0.2) is 30.3 Å². The van der Waals surface area contributed by atoms with Gasteiger partial charge in [-0.15, -0.1) is 0 Å². The smallest absolute Gasteiger partial charge is 0.410 e. The van der Waals surface area contributed by atoms with Crippen molar-refractivity contribution in [2.24, 2.45) is 0 Å². The molecule has 1 aromatic heterocycles. The summed E-state index contributed by atoms with van der Waals surface area (Å²) in [5.41, 5.74) is -0.370. The van der Waals surface area contributed by atoms with Crippen molar-refractivity contribution in [1.82, 2.24) is 13.6 Å². The second kappa shape index (κ2) is 9.81. The van der Waals surface area contributed by atoms with Gasteiger partial charge in [-0.2, -0.15) is 0 Å². The van der Waals surface area contributed by atoms with Crippen LogP contribution in [0.2, 0.25) is 0 Å². The summed E-state index contributed by atoms with van der Waals surface area (Å²) in [7, 11) is -8.14. The lowest BCUT2D eigenvalue weighted by Crippen LogP contribution is -2.47. The van der Waals surface area contributed by atoms with Crippen LogP contribution in [0.3, 0.4) is 0 Å². The molecule has 0 bridgehead atoms. The van der Waals surface area contributed by atoms with Gasteiger partial charge in [-0.1, -0.05) is 40.2 Å². The number of hydrogen-bond donors (Lipinski definition) is 1. The lowest BCUT2D eigenvalue weighted by molar-refractivity contribution is 0.0203. The Balaban J connectivity index is 1.62. The third-order valence-electron chi connectivity index (χ3n) is 5.77. The van der Waals surface area contributed by atoms with Gasteiger partial charge in [0.15, 0.2) is 0 Å². The van der Waals surface area contributed by atoms with Gasteiger partial charge in [-0.05, 0) is 57.9 Å². The first-order chi connectivity index (χ1) is 16.8. The van der Waals surface area contributed by atoms with Gasteiger partial charge in [0.1, 0.15) is 10.5 Å². The molecule has 1 N–H and O–H groups in total. The van der Waals surface area contributed by atoms with Crippen molar-refractivity contribution in [1.29, 1.82) is 0 Å². The van der Waals surface area contributed by atoms with E-state index < -0.39 is 37.8 Å². The zero-order valence-corrected chi connectivity index (χ0v) is 23.4. The van der Waals surface area contributed by atoms with Crippen LogP contribution in [0.15, 0.2) is 69.0 Å². The normalized spacial score (nSPS) is 15.8. The summed E-state index contributed by atoms with van der Waals surface area (Å²) in [6, 6.07) is 12.3. The minimum atomic E-state index is -4.10. The number of halogens is 1. The number of rotatable bonds is 5. The Morgan fingerprint density at radius 1 is 1.00 bits per heavy atom. The molecule has 0 saturated carbocycles. The van der Waals surface area contributed by atoms with Crippen LogP contribution in [0.5, 0.6) is 0 Å². The van der Waals surface area contributed by atoms with Gasteiger partial charge in [-0.3, -0.25) is 0 Å². The molecule has 1 aliphatic heterocycles. The number of carbonyl (C=O) groups is 1. The zero-order chi connectivity index (χ0) is 26.3. The minimum Gasteiger partial charge on any atom is -0.444 e. The Morgan fingerprint density at radius 2 is 1.64 bits per heavy atom. The number of hydrogen-bond acceptors (Lipinski definition) is 6. The molecule has 0 unspecified atom stereocenters. The van der Waals surface area contributed by atoms with E-state index in [2.05, 4.69) is 20.7 Å². The van der Waals surface area contributed by atoms with Gasteiger partial charge in [0.25, 0.3) is 10.0 Å². The standard InChI is InChI=1S/C24H28BrN3O6S2/c1-24(2,3)34-23(29)27-14-12-17(13-15-27)26-35(30,31)21-16-28(20-11-7-10-19(25)22(20)21)36(32,33)18-8-5-4-6-9-18/h4-11,16-17,26H,12-15H2,1-3H3. The van der Waals surface area contributed by atoms with Crippen LogP contribution >= 0.6 is 15.9 Å². The maximum atomic E-state index is 13.5. The Kier molecular flexibility index (Phi) is 7.26. The number of nitrogens with zero attached hydrogens (tertiary/aromatic N) is 2. The highest BCUT2D eigenvalue weighted by atomic mass is 79.9. The van der Waals surface area contributed by atoms with E-state index in [-0.39, 0.29) is 20.7 Å². The number of likely N-dealkylation sites (tertiary alicyclic amines) is 1. The first-order valence-corrected chi connectivity index (χ1v) is 15.1. The van der Waals surface area contributed by atoms with E-state index in [1.807, 2.05) is 0 Å². The van der Waals surface area contributed by atoms with E-state index >= 15 is 0 Å². The average molecular weight is 599 g/mol. The Labute approximate surface area is 219 Å². The summed E-state index contributed by atoms with van der Waals surface area (Å²) in [6.45, 7) is 6.06. The van der Waals surface area contributed by atoms with E-state index in [9.17, 15) is 21.6 Å². The molecule has 3 aromatic rings. The van der Waals surface area contributed by atoms with Crippen molar-refractivity contribution in [2.75, 3.05) is 13.1 Å². The number of aromatic nitrogens is 1. The van der Waals surface area contributed by atoms with E-state index in [1.54, 1.807) is 62.1 Å². The first-order valence-electron chi connectivity index (χ1n) is 11.4. The number of nitrogens with one attached hydrogen (secondary N) is 1. The third kappa shape index (κ3) is 5.46. The molecule has 0 aliphatic carbocycles. The molecule has 0 spiro atoms. The minimum absolute atomic E-state index is 0.0493. The predicted octanol–water partition coefficient (Wildman–Crippen LogP) is 4.32. The SMILES string of the molecule is CC(C)(C)OC(=O)N1CCC(NS(=O)(=O)c2cn(S(=O)(=O)c3ccccc3)c3cccc(Br)c23)CC1. The fraction of sp³-hybridized carbons (Fsp3) is 0.375. The number of sulfonamides is 1. The monoisotopic (exact) mass is 597 g/mol. The van der Waals surface area contributed by atoms with Crippen molar-refractivity contribution < 1.29 is 26.4 Å². The summed E-state index contributed by atoms with van der Waals surface area (Å²) in [4.78, 5) is 13.8. The summed E-state index contributed by atoms with van der Waals surface area (Å²) in [5.74, 6) is 0. The van der Waals surface area contributed by atoms with Crippen LogP contribution in [-0.2, 0) is 24.8 Å². The van der Waals surface area contributed by atoms with Crippen molar-refractivity contribution in [3.8, 4) is 0 Å². The van der Waals surface area contributed by atoms with Crippen molar-refractivity contribution in [3.63, 3.8) is 0 Å². The molecular weight excluding hydrogens is 570 g/mol.